The Morgan fingerprint density at radius 2 is 0.953 bits per heavy atom. The predicted molar refractivity (Wildman–Crippen MR) is 249 cm³/mol. The molecule has 64 heavy (non-hydrogen) atoms. The van der Waals surface area contributed by atoms with Crippen LogP contribution in [-0.2, 0) is 19.1 Å². The third-order valence-corrected chi connectivity index (χ3v) is 9.52. The van der Waals surface area contributed by atoms with Gasteiger partial charge in [-0.2, -0.15) is 0 Å². The second kappa shape index (κ2) is 26.7. The lowest BCUT2D eigenvalue weighted by atomic mass is 10.1. The number of hydrogen-bond donors (Lipinski definition) is 0. The Hall–Kier alpha value is -7.53. The third-order valence-electron chi connectivity index (χ3n) is 9.52. The molecule has 5 rings (SSSR count). The van der Waals surface area contributed by atoms with Crippen LogP contribution >= 0.6 is 0 Å². The van der Waals surface area contributed by atoms with Gasteiger partial charge >= 0.3 is 23.9 Å². The number of carbonyl (C=O) groups excluding carboxylic acids is 4. The van der Waals surface area contributed by atoms with Crippen molar-refractivity contribution in [2.45, 2.75) is 51.4 Å². The monoisotopic (exact) mass is 863 g/mol. The Kier molecular flexibility index (Phi) is 19.8. The van der Waals surface area contributed by atoms with E-state index in [9.17, 15) is 19.2 Å². The number of benzene rings is 5. The molecule has 0 saturated carbocycles. The number of ether oxygens (including phenoxy) is 6. The fraction of sp³-hybridized carbons (Fsp3) is 0.226. The zero-order valence-electron chi connectivity index (χ0n) is 35.9. The second-order valence-electron chi connectivity index (χ2n) is 14.4. The summed E-state index contributed by atoms with van der Waals surface area (Å²) in [5.74, 6) is -0.317. The summed E-state index contributed by atoms with van der Waals surface area (Å²) in [6.45, 7) is 8.52. The summed E-state index contributed by atoms with van der Waals surface area (Å²) in [5.41, 5.74) is 3.80. The van der Waals surface area contributed by atoms with Crippen molar-refractivity contribution in [2.75, 3.05) is 26.4 Å². The largest absolute Gasteiger partial charge is 0.494 e. The molecule has 0 spiro atoms. The van der Waals surface area contributed by atoms with Gasteiger partial charge in [0, 0.05) is 23.9 Å². The van der Waals surface area contributed by atoms with Crippen LogP contribution in [0.5, 0.6) is 23.0 Å². The fourth-order valence-corrected chi connectivity index (χ4v) is 6.01. The molecule has 0 radical (unpaired) electrons. The van der Waals surface area contributed by atoms with Gasteiger partial charge < -0.3 is 28.4 Å². The number of nitrogens with zero attached hydrogens (tertiary/aromatic N) is 1. The van der Waals surface area contributed by atoms with Gasteiger partial charge in [-0.15, -0.1) is 0 Å². The van der Waals surface area contributed by atoms with Crippen LogP contribution in [-0.4, -0.2) is 56.5 Å². The maximum absolute atomic E-state index is 13.4. The van der Waals surface area contributed by atoms with E-state index < -0.39 is 23.9 Å². The van der Waals surface area contributed by atoms with Crippen molar-refractivity contribution >= 4 is 47.9 Å². The molecule has 0 amide bonds. The van der Waals surface area contributed by atoms with E-state index >= 15 is 0 Å². The minimum atomic E-state index is -0.591. The first-order chi connectivity index (χ1) is 31.3. The molecule has 5 aromatic rings. The molecule has 0 atom stereocenters. The molecular weight excluding hydrogens is 811 g/mol. The maximum Gasteiger partial charge on any atom is 0.343 e. The summed E-state index contributed by atoms with van der Waals surface area (Å²) in [7, 11) is 0. The Bertz CT molecular complexity index is 2330. The standard InChI is InChI=1S/C53H53NO10/c1-3-50(55)61-36-14-7-5-12-34-59-46-28-22-42(23-29-46)52(57)63-48-32-33-49(44(38-48)39-54-45-26-20-41(21-27-45)19-18-40-16-10-9-11-17-40)64-53(58)43-24-30-47(31-25-43)60-35-13-6-8-15-37-62-51(56)4-2/h3-4,9-11,16-33,38-39H,1-2,5-8,12-15,34-37H2/b19-18+,54-39?. The van der Waals surface area contributed by atoms with Crippen LogP contribution in [0.2, 0.25) is 0 Å². The van der Waals surface area contributed by atoms with Gasteiger partial charge in [0.2, 0.25) is 0 Å². The molecule has 0 fully saturated rings. The van der Waals surface area contributed by atoms with E-state index in [-0.39, 0.29) is 11.5 Å². The Labute approximate surface area is 374 Å². The van der Waals surface area contributed by atoms with Crippen LogP contribution in [0, 0.1) is 0 Å². The molecule has 0 heterocycles. The lowest BCUT2D eigenvalue weighted by molar-refractivity contribution is -0.138. The van der Waals surface area contributed by atoms with Crippen molar-refractivity contribution in [3.05, 3.63) is 174 Å². The van der Waals surface area contributed by atoms with Gasteiger partial charge in [-0.1, -0.05) is 67.8 Å². The highest BCUT2D eigenvalue weighted by Gasteiger charge is 2.15. The van der Waals surface area contributed by atoms with Crippen LogP contribution in [0.25, 0.3) is 12.2 Å². The SMILES string of the molecule is C=CC(=O)OCCCCCCOc1ccc(C(=O)Oc2ccc(OC(=O)c3ccc(OCCCCCCOC(=O)C=C)cc3)c(C=Nc3ccc(/C=C/c4ccccc4)cc3)c2)cc1. The summed E-state index contributed by atoms with van der Waals surface area (Å²) in [5, 5.41) is 0. The van der Waals surface area contributed by atoms with Gasteiger partial charge in [0.25, 0.3) is 0 Å². The van der Waals surface area contributed by atoms with E-state index in [1.165, 1.54) is 0 Å². The normalized spacial score (nSPS) is 10.9. The summed E-state index contributed by atoms with van der Waals surface area (Å²) in [4.78, 5) is 53.5. The van der Waals surface area contributed by atoms with Gasteiger partial charge in [0.1, 0.15) is 23.0 Å². The lowest BCUT2D eigenvalue weighted by Gasteiger charge is -2.11. The molecule has 0 aliphatic heterocycles. The summed E-state index contributed by atoms with van der Waals surface area (Å²) in [6.07, 6.45) is 14.8. The van der Waals surface area contributed by atoms with Crippen molar-refractivity contribution in [3.8, 4) is 23.0 Å². The highest BCUT2D eigenvalue weighted by Crippen LogP contribution is 2.27. The van der Waals surface area contributed by atoms with E-state index in [0.29, 0.717) is 60.3 Å². The second-order valence-corrected chi connectivity index (χ2v) is 14.4. The lowest BCUT2D eigenvalue weighted by Crippen LogP contribution is -2.11. The van der Waals surface area contributed by atoms with Crippen molar-refractivity contribution in [1.29, 1.82) is 0 Å². The molecule has 0 bridgehead atoms. The first-order valence-corrected chi connectivity index (χ1v) is 21.3. The van der Waals surface area contributed by atoms with Gasteiger partial charge in [0.15, 0.2) is 0 Å². The van der Waals surface area contributed by atoms with Gasteiger partial charge in [-0.3, -0.25) is 4.99 Å². The van der Waals surface area contributed by atoms with Crippen LogP contribution in [0.15, 0.2) is 152 Å². The Balaban J connectivity index is 1.19. The van der Waals surface area contributed by atoms with Gasteiger partial charge in [-0.05, 0) is 141 Å². The number of esters is 4. The smallest absolute Gasteiger partial charge is 0.343 e. The van der Waals surface area contributed by atoms with E-state index in [2.05, 4.69) is 18.2 Å². The highest BCUT2D eigenvalue weighted by atomic mass is 16.5. The van der Waals surface area contributed by atoms with Gasteiger partial charge in [0.05, 0.1) is 43.2 Å². The molecule has 330 valence electrons. The van der Waals surface area contributed by atoms with Crippen LogP contribution in [0.4, 0.5) is 5.69 Å². The quantitative estimate of drug-likeness (QED) is 0.0132. The zero-order valence-corrected chi connectivity index (χ0v) is 35.9. The third kappa shape index (κ3) is 17.1. The van der Waals surface area contributed by atoms with E-state index in [0.717, 1.165) is 74.6 Å². The van der Waals surface area contributed by atoms with Crippen molar-refractivity contribution in [1.82, 2.24) is 0 Å². The van der Waals surface area contributed by atoms with Crippen LogP contribution in [0.1, 0.15) is 88.8 Å². The average Bonchev–Trinajstić information content (AvgIpc) is 3.33. The highest BCUT2D eigenvalue weighted by molar-refractivity contribution is 5.95. The maximum atomic E-state index is 13.4. The predicted octanol–water partition coefficient (Wildman–Crippen LogP) is 11.4. The van der Waals surface area contributed by atoms with Crippen LogP contribution in [0.3, 0.4) is 0 Å². The number of rotatable bonds is 26. The number of aliphatic imine (C=N–C) groups is 1. The number of unbranched alkanes of at least 4 members (excludes halogenated alkanes) is 6. The van der Waals surface area contributed by atoms with Crippen molar-refractivity contribution in [3.63, 3.8) is 0 Å². The van der Waals surface area contributed by atoms with E-state index in [4.69, 9.17) is 28.4 Å². The zero-order chi connectivity index (χ0) is 45.2. The van der Waals surface area contributed by atoms with Crippen molar-refractivity contribution < 1.29 is 47.6 Å². The summed E-state index contributed by atoms with van der Waals surface area (Å²) < 4.78 is 33.3. The number of hydrogen-bond acceptors (Lipinski definition) is 11. The van der Waals surface area contributed by atoms with Crippen molar-refractivity contribution in [2.24, 2.45) is 4.99 Å². The first kappa shape index (κ1) is 47.5. The Morgan fingerprint density at radius 1 is 0.484 bits per heavy atom. The summed E-state index contributed by atoms with van der Waals surface area (Å²) >= 11 is 0. The number of carbonyl (C=O) groups is 4. The molecule has 0 N–H and O–H groups in total. The average molecular weight is 864 g/mol. The summed E-state index contributed by atoms with van der Waals surface area (Å²) in [6, 6.07) is 35.8. The minimum absolute atomic E-state index is 0.216. The molecule has 0 aromatic heterocycles. The van der Waals surface area contributed by atoms with E-state index in [1.54, 1.807) is 72.9 Å². The molecule has 11 heteroatoms. The van der Waals surface area contributed by atoms with E-state index in [1.807, 2.05) is 66.7 Å². The first-order valence-electron chi connectivity index (χ1n) is 21.3. The molecule has 0 aliphatic carbocycles. The van der Waals surface area contributed by atoms with Gasteiger partial charge in [-0.25, -0.2) is 19.2 Å². The van der Waals surface area contributed by atoms with Crippen LogP contribution < -0.4 is 18.9 Å². The molecule has 5 aromatic carbocycles. The topological polar surface area (TPSA) is 136 Å². The molecule has 0 saturated heterocycles. The molecule has 0 aliphatic rings. The molecular formula is C53H53NO10. The minimum Gasteiger partial charge on any atom is -0.494 e. The molecule has 0 unspecified atom stereocenters. The molecule has 11 nitrogen and oxygen atoms in total. The Morgan fingerprint density at radius 3 is 1.47 bits per heavy atom. The fourth-order valence-electron chi connectivity index (χ4n) is 6.01.